The summed E-state index contributed by atoms with van der Waals surface area (Å²) in [6.45, 7) is 4.16. The first-order valence-electron chi connectivity index (χ1n) is 6.76. The van der Waals surface area contributed by atoms with Gasteiger partial charge in [-0.05, 0) is 43.8 Å². The van der Waals surface area contributed by atoms with Gasteiger partial charge in [-0.1, -0.05) is 30.3 Å². The van der Waals surface area contributed by atoms with Gasteiger partial charge in [0.15, 0.2) is 5.82 Å². The summed E-state index contributed by atoms with van der Waals surface area (Å²) in [5, 5.41) is 3.97. The molecule has 2 aromatic rings. The van der Waals surface area contributed by atoms with Gasteiger partial charge in [0.2, 0.25) is 0 Å². The zero-order chi connectivity index (χ0) is 15.5. The molecule has 21 heavy (non-hydrogen) atoms. The number of aromatic nitrogens is 1. The van der Waals surface area contributed by atoms with Crippen LogP contribution >= 0.6 is 11.5 Å². The number of nitrogens with zero attached hydrogens (tertiary/aromatic N) is 1. The van der Waals surface area contributed by atoms with Crippen molar-refractivity contribution < 1.29 is 4.79 Å². The van der Waals surface area contributed by atoms with Crippen LogP contribution in [0.25, 0.3) is 0 Å². The Morgan fingerprint density at radius 3 is 2.62 bits per heavy atom. The highest BCUT2D eigenvalue weighted by Crippen LogP contribution is 2.30. The molecule has 0 bridgehead atoms. The van der Waals surface area contributed by atoms with Gasteiger partial charge < -0.3 is 16.8 Å². The summed E-state index contributed by atoms with van der Waals surface area (Å²) >= 11 is 1.17. The lowest BCUT2D eigenvalue weighted by Crippen LogP contribution is -2.32. The summed E-state index contributed by atoms with van der Waals surface area (Å²) in [6.07, 6.45) is 1.86. The Morgan fingerprint density at radius 1 is 1.33 bits per heavy atom. The third-order valence-electron chi connectivity index (χ3n) is 3.30. The molecule has 0 fully saturated rings. The number of rotatable bonds is 6. The second kappa shape index (κ2) is 6.13. The summed E-state index contributed by atoms with van der Waals surface area (Å²) < 4.78 is 4.00. The number of carbonyl (C=O) groups is 1. The van der Waals surface area contributed by atoms with E-state index in [2.05, 4.69) is 35.7 Å². The fourth-order valence-electron chi connectivity index (χ4n) is 2.10. The van der Waals surface area contributed by atoms with Crippen molar-refractivity contribution in [1.82, 2.24) is 4.37 Å². The van der Waals surface area contributed by atoms with Crippen LogP contribution in [0.2, 0.25) is 0 Å². The normalized spacial score (nSPS) is 11.3. The summed E-state index contributed by atoms with van der Waals surface area (Å²) in [5.74, 6) is -0.364. The van der Waals surface area contributed by atoms with Gasteiger partial charge in [-0.25, -0.2) is 0 Å². The van der Waals surface area contributed by atoms with Gasteiger partial charge in [-0.3, -0.25) is 4.79 Å². The second-order valence-electron chi connectivity index (χ2n) is 5.63. The number of aryl methyl sites for hydroxylation is 1. The molecule has 6 heteroatoms. The van der Waals surface area contributed by atoms with Crippen LogP contribution in [0.3, 0.4) is 0 Å². The number of benzene rings is 1. The van der Waals surface area contributed by atoms with Gasteiger partial charge in [-0.15, -0.1) is 0 Å². The molecule has 1 amide bonds. The second-order valence-corrected chi connectivity index (χ2v) is 6.40. The van der Waals surface area contributed by atoms with Crippen molar-refractivity contribution in [2.75, 3.05) is 11.1 Å². The highest BCUT2D eigenvalue weighted by molar-refractivity contribution is 7.11. The maximum atomic E-state index is 11.4. The molecule has 1 aromatic heterocycles. The lowest BCUT2D eigenvalue weighted by atomic mass is 9.95. The lowest BCUT2D eigenvalue weighted by Gasteiger charge is -2.27. The van der Waals surface area contributed by atoms with E-state index in [1.807, 2.05) is 18.2 Å². The van der Waals surface area contributed by atoms with Crippen LogP contribution in [-0.2, 0) is 6.42 Å². The predicted molar refractivity (Wildman–Crippen MR) is 87.5 cm³/mol. The zero-order valence-corrected chi connectivity index (χ0v) is 13.0. The number of hydrogen-bond acceptors (Lipinski definition) is 5. The van der Waals surface area contributed by atoms with Gasteiger partial charge >= 0.3 is 0 Å². The smallest absolute Gasteiger partial charge is 0.255 e. The molecule has 0 radical (unpaired) electrons. The fourth-order valence-corrected chi connectivity index (χ4v) is 3.00. The van der Waals surface area contributed by atoms with E-state index in [-0.39, 0.29) is 16.9 Å². The molecule has 2 rings (SSSR count). The molecule has 0 saturated heterocycles. The molecular formula is C15H20N4OS. The van der Waals surface area contributed by atoms with Gasteiger partial charge in [0.25, 0.3) is 5.91 Å². The van der Waals surface area contributed by atoms with Crippen LogP contribution in [0.15, 0.2) is 30.3 Å². The summed E-state index contributed by atoms with van der Waals surface area (Å²) in [5.41, 5.74) is 12.4. The predicted octanol–water partition coefficient (Wildman–Crippen LogP) is 2.65. The number of nitrogen functional groups attached to an aromatic ring is 1. The molecule has 0 atom stereocenters. The number of amides is 1. The molecule has 1 aromatic carbocycles. The molecule has 112 valence electrons. The first-order valence-corrected chi connectivity index (χ1v) is 7.53. The third-order valence-corrected chi connectivity index (χ3v) is 4.08. The van der Waals surface area contributed by atoms with Gasteiger partial charge in [0.1, 0.15) is 10.6 Å². The average Bonchev–Trinajstić information content (AvgIpc) is 2.78. The van der Waals surface area contributed by atoms with Crippen molar-refractivity contribution in [3.63, 3.8) is 0 Å². The van der Waals surface area contributed by atoms with Crippen molar-refractivity contribution >= 4 is 28.3 Å². The minimum absolute atomic E-state index is 0.189. The van der Waals surface area contributed by atoms with Crippen LogP contribution in [0.1, 0.15) is 36.2 Å². The van der Waals surface area contributed by atoms with E-state index in [1.165, 1.54) is 17.1 Å². The summed E-state index contributed by atoms with van der Waals surface area (Å²) in [7, 11) is 0. The quantitative estimate of drug-likeness (QED) is 0.764. The lowest BCUT2D eigenvalue weighted by molar-refractivity contribution is 0.100. The molecule has 0 spiro atoms. The Balaban J connectivity index is 2.05. The van der Waals surface area contributed by atoms with Crippen molar-refractivity contribution in [3.8, 4) is 0 Å². The molecule has 0 saturated carbocycles. The van der Waals surface area contributed by atoms with Crippen molar-refractivity contribution in [3.05, 3.63) is 41.5 Å². The third kappa shape index (κ3) is 3.95. The van der Waals surface area contributed by atoms with E-state index in [4.69, 9.17) is 11.5 Å². The minimum Gasteiger partial charge on any atom is -0.382 e. The minimum atomic E-state index is -0.553. The van der Waals surface area contributed by atoms with E-state index >= 15 is 0 Å². The SMILES string of the molecule is CC(C)(CCc1ccccc1)Nc1snc(N)c1C(N)=O. The van der Waals surface area contributed by atoms with Gasteiger partial charge in [-0.2, -0.15) is 4.37 Å². The number of primary amides is 1. The summed E-state index contributed by atoms with van der Waals surface area (Å²) in [6, 6.07) is 10.3. The molecule has 0 aliphatic rings. The molecule has 5 N–H and O–H groups in total. The monoisotopic (exact) mass is 304 g/mol. The molecule has 1 heterocycles. The van der Waals surface area contributed by atoms with Gasteiger partial charge in [0.05, 0.1) is 0 Å². The molecule has 0 aliphatic carbocycles. The van der Waals surface area contributed by atoms with Crippen molar-refractivity contribution in [2.24, 2.45) is 5.73 Å². The topological polar surface area (TPSA) is 94.0 Å². The van der Waals surface area contributed by atoms with E-state index in [0.717, 1.165) is 12.8 Å². The number of carbonyl (C=O) groups excluding carboxylic acids is 1. The van der Waals surface area contributed by atoms with Crippen molar-refractivity contribution in [2.45, 2.75) is 32.2 Å². The Kier molecular flexibility index (Phi) is 4.47. The van der Waals surface area contributed by atoms with Crippen molar-refractivity contribution in [1.29, 1.82) is 0 Å². The Morgan fingerprint density at radius 2 is 2.00 bits per heavy atom. The van der Waals surface area contributed by atoms with Crippen LogP contribution < -0.4 is 16.8 Å². The molecule has 5 nitrogen and oxygen atoms in total. The van der Waals surface area contributed by atoms with E-state index in [0.29, 0.717) is 5.00 Å². The molecule has 0 aliphatic heterocycles. The molecule has 0 unspecified atom stereocenters. The maximum Gasteiger partial charge on any atom is 0.255 e. The molecular weight excluding hydrogens is 284 g/mol. The average molecular weight is 304 g/mol. The number of nitrogens with two attached hydrogens (primary N) is 2. The Bertz CT molecular complexity index is 622. The first kappa shape index (κ1) is 15.3. The maximum absolute atomic E-state index is 11.4. The van der Waals surface area contributed by atoms with E-state index in [1.54, 1.807) is 0 Å². The zero-order valence-electron chi connectivity index (χ0n) is 12.2. The van der Waals surface area contributed by atoms with E-state index < -0.39 is 5.91 Å². The van der Waals surface area contributed by atoms with Crippen LogP contribution in [0.5, 0.6) is 0 Å². The number of hydrogen-bond donors (Lipinski definition) is 3. The highest BCUT2D eigenvalue weighted by Gasteiger charge is 2.23. The largest absolute Gasteiger partial charge is 0.382 e. The highest BCUT2D eigenvalue weighted by atomic mass is 32.1. The first-order chi connectivity index (χ1) is 9.89. The number of anilines is 2. The van der Waals surface area contributed by atoms with Crippen LogP contribution in [0, 0.1) is 0 Å². The van der Waals surface area contributed by atoms with Gasteiger partial charge in [0, 0.05) is 5.54 Å². The Hall–Kier alpha value is -2.08. The number of nitrogens with one attached hydrogen (secondary N) is 1. The standard InChI is InChI=1S/C15H20N4OS/c1-15(2,9-8-10-6-4-3-5-7-10)18-14-11(13(17)20)12(16)19-21-14/h3-7,18H,8-9H2,1-2H3,(H2,16,19)(H2,17,20). The van der Waals surface area contributed by atoms with Crippen LogP contribution in [0.4, 0.5) is 10.8 Å². The Labute approximate surface area is 128 Å². The van der Waals surface area contributed by atoms with Crippen LogP contribution in [-0.4, -0.2) is 15.8 Å². The van der Waals surface area contributed by atoms with E-state index in [9.17, 15) is 4.79 Å². The summed E-state index contributed by atoms with van der Waals surface area (Å²) in [4.78, 5) is 11.4. The fraction of sp³-hybridized carbons (Fsp3) is 0.333.